The van der Waals surface area contributed by atoms with Crippen LogP contribution in [0.15, 0.2) is 97.1 Å². The number of hydrogen-bond donors (Lipinski definition) is 0. The molecule has 2 heteroatoms. The Balaban J connectivity index is 1.77. The SMILES string of the molecule is Cn1c2ccccc2c2ccc3c4ccccc4c4c5cc6ccccc6cc5n(C)c4c3c21. The van der Waals surface area contributed by atoms with Crippen molar-refractivity contribution in [3.05, 3.63) is 97.1 Å². The van der Waals surface area contributed by atoms with Crippen LogP contribution in [-0.2, 0) is 14.1 Å². The lowest BCUT2D eigenvalue weighted by Crippen LogP contribution is -1.93. The van der Waals surface area contributed by atoms with E-state index in [-0.39, 0.29) is 0 Å². The van der Waals surface area contributed by atoms with Gasteiger partial charge >= 0.3 is 0 Å². The van der Waals surface area contributed by atoms with Crippen molar-refractivity contribution in [2.45, 2.75) is 0 Å². The highest BCUT2D eigenvalue weighted by molar-refractivity contribution is 6.37. The Hall–Kier alpha value is -4.30. The lowest BCUT2D eigenvalue weighted by molar-refractivity contribution is 1.01. The normalized spacial score (nSPS) is 12.4. The van der Waals surface area contributed by atoms with Crippen LogP contribution in [0, 0.1) is 0 Å². The molecule has 2 heterocycles. The van der Waals surface area contributed by atoms with Gasteiger partial charge in [0.25, 0.3) is 0 Å². The zero-order valence-electron chi connectivity index (χ0n) is 19.1. The highest BCUT2D eigenvalue weighted by Gasteiger charge is 2.20. The summed E-state index contributed by atoms with van der Waals surface area (Å²) >= 11 is 0. The second-order valence-corrected chi connectivity index (χ2v) is 9.51. The van der Waals surface area contributed by atoms with Gasteiger partial charge in [-0.3, -0.25) is 0 Å². The smallest absolute Gasteiger partial charge is 0.0596 e. The van der Waals surface area contributed by atoms with Crippen LogP contribution in [0.4, 0.5) is 0 Å². The maximum absolute atomic E-state index is 2.42. The van der Waals surface area contributed by atoms with Crippen LogP contribution in [-0.4, -0.2) is 9.13 Å². The largest absolute Gasteiger partial charge is 0.343 e. The molecule has 0 radical (unpaired) electrons. The molecule has 8 rings (SSSR count). The van der Waals surface area contributed by atoms with Gasteiger partial charge in [0.15, 0.2) is 0 Å². The molecule has 0 aliphatic carbocycles. The molecule has 0 spiro atoms. The van der Waals surface area contributed by atoms with Gasteiger partial charge in [-0.25, -0.2) is 0 Å². The van der Waals surface area contributed by atoms with Gasteiger partial charge in [0.1, 0.15) is 0 Å². The van der Waals surface area contributed by atoms with Gasteiger partial charge < -0.3 is 9.13 Å². The minimum atomic E-state index is 1.27. The summed E-state index contributed by atoms with van der Waals surface area (Å²) in [7, 11) is 4.44. The fraction of sp³-hybridized carbons (Fsp3) is 0.0625. The number of benzene rings is 6. The van der Waals surface area contributed by atoms with E-state index < -0.39 is 0 Å². The van der Waals surface area contributed by atoms with Crippen molar-refractivity contribution in [3.63, 3.8) is 0 Å². The number of aromatic nitrogens is 2. The van der Waals surface area contributed by atoms with E-state index in [1.165, 1.54) is 75.9 Å². The number of nitrogens with zero attached hydrogens (tertiary/aromatic N) is 2. The minimum Gasteiger partial charge on any atom is -0.343 e. The molecule has 0 saturated carbocycles. The average molecular weight is 435 g/mol. The molecule has 0 saturated heterocycles. The molecule has 6 aromatic carbocycles. The van der Waals surface area contributed by atoms with Crippen molar-refractivity contribution in [2.24, 2.45) is 14.1 Å². The molecule has 2 aromatic heterocycles. The van der Waals surface area contributed by atoms with Crippen LogP contribution < -0.4 is 0 Å². The number of hydrogen-bond acceptors (Lipinski definition) is 0. The van der Waals surface area contributed by atoms with Gasteiger partial charge in [-0.1, -0.05) is 78.9 Å². The van der Waals surface area contributed by atoms with Crippen LogP contribution >= 0.6 is 0 Å². The fourth-order valence-corrected chi connectivity index (χ4v) is 6.36. The molecule has 0 atom stereocenters. The Kier molecular flexibility index (Phi) is 3.30. The Morgan fingerprint density at radius 3 is 1.82 bits per heavy atom. The first-order chi connectivity index (χ1) is 16.7. The molecule has 34 heavy (non-hydrogen) atoms. The summed E-state index contributed by atoms with van der Waals surface area (Å²) in [6.45, 7) is 0. The zero-order valence-corrected chi connectivity index (χ0v) is 19.1. The Morgan fingerprint density at radius 2 is 1.00 bits per heavy atom. The third-order valence-electron chi connectivity index (χ3n) is 7.86. The van der Waals surface area contributed by atoms with Crippen LogP contribution in [0.2, 0.25) is 0 Å². The summed E-state index contributed by atoms with van der Waals surface area (Å²) in [6, 6.07) is 35.7. The first-order valence-corrected chi connectivity index (χ1v) is 11.8. The molecular weight excluding hydrogens is 412 g/mol. The molecule has 0 fully saturated rings. The van der Waals surface area contributed by atoms with Crippen molar-refractivity contribution in [1.82, 2.24) is 9.13 Å². The average Bonchev–Trinajstić information content (AvgIpc) is 3.34. The summed E-state index contributed by atoms with van der Waals surface area (Å²) in [5, 5.41) is 13.2. The summed E-state index contributed by atoms with van der Waals surface area (Å²) in [5.74, 6) is 0. The third-order valence-corrected chi connectivity index (χ3v) is 7.86. The first kappa shape index (κ1) is 18.2. The highest BCUT2D eigenvalue weighted by atomic mass is 15.0. The number of aryl methyl sites for hydroxylation is 2. The van der Waals surface area contributed by atoms with Gasteiger partial charge in [-0.05, 0) is 45.1 Å². The molecular formula is C32H22N2. The Morgan fingerprint density at radius 1 is 0.412 bits per heavy atom. The van der Waals surface area contributed by atoms with E-state index in [4.69, 9.17) is 0 Å². The van der Waals surface area contributed by atoms with E-state index in [2.05, 4.69) is 120 Å². The van der Waals surface area contributed by atoms with E-state index in [1.54, 1.807) is 0 Å². The van der Waals surface area contributed by atoms with Crippen molar-refractivity contribution < 1.29 is 0 Å². The van der Waals surface area contributed by atoms with Crippen LogP contribution in [0.3, 0.4) is 0 Å². The number of rotatable bonds is 0. The third kappa shape index (κ3) is 2.07. The Labute approximate surface area is 196 Å². The number of fused-ring (bicyclic) bond motifs is 13. The summed E-state index contributed by atoms with van der Waals surface area (Å²) in [4.78, 5) is 0. The maximum atomic E-state index is 2.42. The molecule has 160 valence electrons. The maximum Gasteiger partial charge on any atom is 0.0596 e. The lowest BCUT2D eigenvalue weighted by atomic mass is 9.94. The van der Waals surface area contributed by atoms with Gasteiger partial charge in [0, 0.05) is 52.1 Å². The van der Waals surface area contributed by atoms with Gasteiger partial charge in [0.05, 0.1) is 11.0 Å². The van der Waals surface area contributed by atoms with Gasteiger partial charge in [0.2, 0.25) is 0 Å². The summed E-state index contributed by atoms with van der Waals surface area (Å²) in [6.07, 6.45) is 0. The lowest BCUT2D eigenvalue weighted by Gasteiger charge is -2.12. The second-order valence-electron chi connectivity index (χ2n) is 9.51. The van der Waals surface area contributed by atoms with Gasteiger partial charge in [-0.15, -0.1) is 0 Å². The Bertz CT molecular complexity index is 2140. The fourth-order valence-electron chi connectivity index (χ4n) is 6.36. The molecule has 0 bridgehead atoms. The summed E-state index contributed by atoms with van der Waals surface area (Å²) < 4.78 is 4.80. The highest BCUT2D eigenvalue weighted by Crippen LogP contribution is 2.45. The number of para-hydroxylation sites is 1. The van der Waals surface area contributed by atoms with Crippen molar-refractivity contribution in [1.29, 1.82) is 0 Å². The first-order valence-electron chi connectivity index (χ1n) is 11.8. The van der Waals surface area contributed by atoms with Crippen molar-refractivity contribution in [3.8, 4) is 0 Å². The van der Waals surface area contributed by atoms with Crippen LogP contribution in [0.1, 0.15) is 0 Å². The zero-order chi connectivity index (χ0) is 22.6. The predicted octanol–water partition coefficient (Wildman–Crippen LogP) is 8.44. The molecule has 0 aliphatic rings. The van der Waals surface area contributed by atoms with Crippen molar-refractivity contribution in [2.75, 3.05) is 0 Å². The quantitative estimate of drug-likeness (QED) is 0.212. The standard InChI is InChI=1S/C32H22N2/c1-33-27-14-8-7-12-22(27)25-16-15-24-21-11-5-6-13-23(21)29-26-17-19-9-3-4-10-20(19)18-28(26)34(2)32(29)30(24)31(25)33/h3-18H,1-2H3. The van der Waals surface area contributed by atoms with Gasteiger partial charge in [-0.2, -0.15) is 0 Å². The molecule has 0 amide bonds. The molecule has 8 aromatic rings. The van der Waals surface area contributed by atoms with Crippen LogP contribution in [0.5, 0.6) is 0 Å². The predicted molar refractivity (Wildman–Crippen MR) is 147 cm³/mol. The topological polar surface area (TPSA) is 9.86 Å². The minimum absolute atomic E-state index is 1.27. The molecule has 0 aliphatic heterocycles. The van der Waals surface area contributed by atoms with E-state index in [1.807, 2.05) is 0 Å². The van der Waals surface area contributed by atoms with Crippen LogP contribution in [0.25, 0.3) is 75.9 Å². The van der Waals surface area contributed by atoms with E-state index in [9.17, 15) is 0 Å². The monoisotopic (exact) mass is 434 g/mol. The van der Waals surface area contributed by atoms with E-state index >= 15 is 0 Å². The molecule has 2 nitrogen and oxygen atoms in total. The summed E-state index contributed by atoms with van der Waals surface area (Å²) in [5.41, 5.74) is 5.18. The molecule has 0 unspecified atom stereocenters. The second kappa shape index (κ2) is 6.18. The van der Waals surface area contributed by atoms with E-state index in [0.717, 1.165) is 0 Å². The van der Waals surface area contributed by atoms with Crippen molar-refractivity contribution >= 4 is 75.9 Å². The van der Waals surface area contributed by atoms with E-state index in [0.29, 0.717) is 0 Å². The molecule has 0 N–H and O–H groups in total.